The van der Waals surface area contributed by atoms with Gasteiger partial charge in [0, 0.05) is 0 Å². The minimum atomic E-state index is -3.70. The average Bonchev–Trinajstić information content (AvgIpc) is 3.21. The maximum absolute atomic E-state index is 13.0. The van der Waals surface area contributed by atoms with Crippen LogP contribution in [0.3, 0.4) is 0 Å². The van der Waals surface area contributed by atoms with Crippen LogP contribution < -0.4 is 0 Å². The number of rotatable bonds is 8. The van der Waals surface area contributed by atoms with E-state index >= 15 is 0 Å². The average molecular weight is 543 g/mol. The van der Waals surface area contributed by atoms with Crippen LogP contribution in [0.1, 0.15) is 117 Å². The van der Waals surface area contributed by atoms with E-state index in [0.717, 1.165) is 60.3 Å². The maximum atomic E-state index is 13.0. The van der Waals surface area contributed by atoms with Gasteiger partial charge in [-0.1, -0.05) is 71.6 Å². The standard InChI is InChI=1S/C34H54O3S/c1-23(2)8-7-9-25(4)30-16-17-31-29-15-12-26-22-27(37-38(35,36)28-13-10-24(3)11-14-28)18-20-33(26,5)32(29)19-21-34(30,31)6/h10-11,13-14,23,25-27,29-32H,7-9,12,15-22H2,1-6H3/t25-,26+,27-,29-,30+,31-,32-,33-,34+/m0/s1. The lowest BCUT2D eigenvalue weighted by Crippen LogP contribution is -2.54. The molecular formula is C34H54O3S. The van der Waals surface area contributed by atoms with Gasteiger partial charge in [-0.3, -0.25) is 4.18 Å². The van der Waals surface area contributed by atoms with Gasteiger partial charge in [0.05, 0.1) is 11.0 Å². The first-order valence-electron chi connectivity index (χ1n) is 15.9. The molecule has 0 aliphatic heterocycles. The normalized spacial score (nSPS) is 39.9. The monoisotopic (exact) mass is 542 g/mol. The minimum Gasteiger partial charge on any atom is -0.263 e. The van der Waals surface area contributed by atoms with Gasteiger partial charge < -0.3 is 0 Å². The lowest BCUT2D eigenvalue weighted by Gasteiger charge is -2.61. The fourth-order valence-electron chi connectivity index (χ4n) is 10.3. The predicted octanol–water partition coefficient (Wildman–Crippen LogP) is 9.19. The molecule has 5 rings (SSSR count). The number of aryl methyl sites for hydroxylation is 1. The SMILES string of the molecule is Cc1ccc(S(=O)(=O)O[C@H]2CC[C@@]3(C)[C@H](CC[C@@H]4[C@@H]3CC[C@]3(C)[C@@H]([C@@H](C)CCCC(C)C)CC[C@@H]43)C2)cc1. The molecule has 38 heavy (non-hydrogen) atoms. The van der Waals surface area contributed by atoms with E-state index < -0.39 is 10.1 Å². The third kappa shape index (κ3) is 5.27. The first kappa shape index (κ1) is 28.7. The Morgan fingerprint density at radius 3 is 2.26 bits per heavy atom. The molecule has 4 aliphatic carbocycles. The van der Waals surface area contributed by atoms with Crippen LogP contribution in [0.25, 0.3) is 0 Å². The van der Waals surface area contributed by atoms with Crippen molar-refractivity contribution in [3.05, 3.63) is 29.8 Å². The fraction of sp³-hybridized carbons (Fsp3) is 0.824. The second kappa shape index (κ2) is 10.8. The summed E-state index contributed by atoms with van der Waals surface area (Å²) in [7, 11) is -3.70. The first-order valence-corrected chi connectivity index (χ1v) is 17.3. The van der Waals surface area contributed by atoms with Crippen LogP contribution in [0.5, 0.6) is 0 Å². The molecule has 0 radical (unpaired) electrons. The molecule has 0 saturated heterocycles. The van der Waals surface area contributed by atoms with Crippen LogP contribution in [0.4, 0.5) is 0 Å². The zero-order valence-electron chi connectivity index (χ0n) is 25.0. The third-order valence-corrected chi connectivity index (χ3v) is 13.8. The molecule has 0 heterocycles. The van der Waals surface area contributed by atoms with Crippen LogP contribution in [-0.2, 0) is 14.3 Å². The molecule has 0 amide bonds. The Morgan fingerprint density at radius 2 is 1.55 bits per heavy atom. The summed E-state index contributed by atoms with van der Waals surface area (Å²) in [5.74, 6) is 5.75. The van der Waals surface area contributed by atoms with E-state index in [2.05, 4.69) is 34.6 Å². The molecule has 0 spiro atoms. The summed E-state index contributed by atoms with van der Waals surface area (Å²) in [5, 5.41) is 0. The molecular weight excluding hydrogens is 488 g/mol. The van der Waals surface area contributed by atoms with Gasteiger partial charge in [-0.25, -0.2) is 0 Å². The first-order chi connectivity index (χ1) is 17.9. The van der Waals surface area contributed by atoms with Gasteiger partial charge in [-0.2, -0.15) is 8.42 Å². The Morgan fingerprint density at radius 1 is 0.868 bits per heavy atom. The van der Waals surface area contributed by atoms with E-state index in [9.17, 15) is 8.42 Å². The summed E-state index contributed by atoms with van der Waals surface area (Å²) in [5.41, 5.74) is 1.94. The van der Waals surface area contributed by atoms with Gasteiger partial charge in [0.25, 0.3) is 10.1 Å². The van der Waals surface area contributed by atoms with Crippen LogP contribution in [0.2, 0.25) is 0 Å². The van der Waals surface area contributed by atoms with E-state index in [1.165, 1.54) is 57.8 Å². The zero-order valence-corrected chi connectivity index (χ0v) is 25.9. The largest absolute Gasteiger partial charge is 0.297 e. The second-order valence-corrected chi connectivity index (χ2v) is 16.5. The molecule has 3 nitrogen and oxygen atoms in total. The number of hydrogen-bond acceptors (Lipinski definition) is 3. The molecule has 4 aliphatic rings. The van der Waals surface area contributed by atoms with Crippen molar-refractivity contribution in [1.29, 1.82) is 0 Å². The highest BCUT2D eigenvalue weighted by Gasteiger charge is 2.60. The van der Waals surface area contributed by atoms with E-state index in [1.54, 1.807) is 12.1 Å². The molecule has 4 saturated carbocycles. The summed E-state index contributed by atoms with van der Waals surface area (Å²) in [6.45, 7) is 14.5. The molecule has 1 aromatic rings. The predicted molar refractivity (Wildman–Crippen MR) is 156 cm³/mol. The van der Waals surface area contributed by atoms with E-state index in [1.807, 2.05) is 19.1 Å². The number of benzene rings is 1. The van der Waals surface area contributed by atoms with Crippen molar-refractivity contribution in [2.45, 2.75) is 130 Å². The smallest absolute Gasteiger partial charge is 0.263 e. The van der Waals surface area contributed by atoms with Gasteiger partial charge in [-0.05, 0) is 129 Å². The molecule has 1 aromatic carbocycles. The minimum absolute atomic E-state index is 0.174. The van der Waals surface area contributed by atoms with Crippen LogP contribution in [0.15, 0.2) is 29.2 Å². The molecule has 4 fully saturated rings. The highest BCUT2D eigenvalue weighted by atomic mass is 32.2. The van der Waals surface area contributed by atoms with Crippen molar-refractivity contribution in [2.75, 3.05) is 0 Å². The molecule has 0 aromatic heterocycles. The van der Waals surface area contributed by atoms with Crippen molar-refractivity contribution < 1.29 is 12.6 Å². The molecule has 9 atom stereocenters. The van der Waals surface area contributed by atoms with Crippen molar-refractivity contribution in [3.63, 3.8) is 0 Å². The third-order valence-electron chi connectivity index (χ3n) is 12.4. The van der Waals surface area contributed by atoms with Gasteiger partial charge in [-0.15, -0.1) is 0 Å². The molecule has 4 heteroatoms. The van der Waals surface area contributed by atoms with E-state index in [-0.39, 0.29) is 6.10 Å². The Bertz CT molecular complexity index is 1060. The van der Waals surface area contributed by atoms with Crippen molar-refractivity contribution in [2.24, 2.45) is 52.3 Å². The second-order valence-electron chi connectivity index (χ2n) is 14.9. The summed E-state index contributed by atoms with van der Waals surface area (Å²) in [6.07, 6.45) is 15.2. The van der Waals surface area contributed by atoms with Gasteiger partial charge in [0.15, 0.2) is 0 Å². The lowest BCUT2D eigenvalue weighted by atomic mass is 9.44. The van der Waals surface area contributed by atoms with Gasteiger partial charge in [0.2, 0.25) is 0 Å². The zero-order chi connectivity index (χ0) is 27.3. The molecule has 0 N–H and O–H groups in total. The lowest BCUT2D eigenvalue weighted by molar-refractivity contribution is -0.126. The highest BCUT2D eigenvalue weighted by molar-refractivity contribution is 7.86. The number of hydrogen-bond donors (Lipinski definition) is 0. The summed E-state index contributed by atoms with van der Waals surface area (Å²) < 4.78 is 31.9. The van der Waals surface area contributed by atoms with Crippen molar-refractivity contribution >= 4 is 10.1 Å². The van der Waals surface area contributed by atoms with Crippen LogP contribution >= 0.6 is 0 Å². The quantitative estimate of drug-likeness (QED) is 0.308. The highest BCUT2D eigenvalue weighted by Crippen LogP contribution is 2.68. The Hall–Kier alpha value is -0.870. The molecule has 0 unspecified atom stereocenters. The van der Waals surface area contributed by atoms with Crippen molar-refractivity contribution in [1.82, 2.24) is 0 Å². The van der Waals surface area contributed by atoms with Crippen LogP contribution in [-0.4, -0.2) is 14.5 Å². The summed E-state index contributed by atoms with van der Waals surface area (Å²) in [4.78, 5) is 0.293. The summed E-state index contributed by atoms with van der Waals surface area (Å²) >= 11 is 0. The molecule has 214 valence electrons. The fourth-order valence-corrected chi connectivity index (χ4v) is 11.4. The van der Waals surface area contributed by atoms with Gasteiger partial charge >= 0.3 is 0 Å². The molecule has 0 bridgehead atoms. The van der Waals surface area contributed by atoms with Crippen LogP contribution in [0, 0.1) is 59.2 Å². The van der Waals surface area contributed by atoms with E-state index in [4.69, 9.17) is 4.18 Å². The Labute approximate surface area is 234 Å². The van der Waals surface area contributed by atoms with Gasteiger partial charge in [0.1, 0.15) is 0 Å². The van der Waals surface area contributed by atoms with E-state index in [0.29, 0.717) is 21.6 Å². The van der Waals surface area contributed by atoms with Crippen molar-refractivity contribution in [3.8, 4) is 0 Å². The Kier molecular flexibility index (Phi) is 8.17. The number of fused-ring (bicyclic) bond motifs is 5. The summed E-state index contributed by atoms with van der Waals surface area (Å²) in [6, 6.07) is 7.07. The topological polar surface area (TPSA) is 43.4 Å². The maximum Gasteiger partial charge on any atom is 0.297 e. The Balaban J connectivity index is 1.24.